The van der Waals surface area contributed by atoms with Crippen LogP contribution in [0.25, 0.3) is 5.65 Å². The van der Waals surface area contributed by atoms with Crippen molar-refractivity contribution in [2.75, 3.05) is 30.5 Å². The largest absolute Gasteiger partial charge is 0.464 e. The molecule has 1 aliphatic rings. The minimum absolute atomic E-state index is 0.0555. The molecular formula is C25H37BN7O3+. The zero-order valence-electron chi connectivity index (χ0n) is 21.7. The molecule has 0 saturated carbocycles. The van der Waals surface area contributed by atoms with Gasteiger partial charge in [0.05, 0.1) is 6.61 Å². The fraction of sp³-hybridized carbons (Fsp3) is 0.520. The Balaban J connectivity index is 1.52. The van der Waals surface area contributed by atoms with Gasteiger partial charge in [-0.25, -0.2) is 4.98 Å². The van der Waals surface area contributed by atoms with Gasteiger partial charge in [-0.1, -0.05) is 13.8 Å². The fourth-order valence-corrected chi connectivity index (χ4v) is 4.51. The van der Waals surface area contributed by atoms with E-state index < -0.39 is 6.04 Å². The van der Waals surface area contributed by atoms with Gasteiger partial charge in [0.25, 0.3) is 0 Å². The van der Waals surface area contributed by atoms with Gasteiger partial charge in [-0.3, -0.25) is 9.63 Å². The molecule has 1 saturated heterocycles. The molecule has 11 heteroatoms. The molecule has 4 rings (SSSR count). The summed E-state index contributed by atoms with van der Waals surface area (Å²) in [4.78, 5) is 24.8. The van der Waals surface area contributed by atoms with E-state index in [1.54, 1.807) is 11.8 Å². The molecule has 36 heavy (non-hydrogen) atoms. The Labute approximate surface area is 213 Å². The lowest BCUT2D eigenvalue weighted by molar-refractivity contribution is -0.885. The third-order valence-corrected chi connectivity index (χ3v) is 6.76. The predicted molar refractivity (Wildman–Crippen MR) is 141 cm³/mol. The number of anilines is 2. The Morgan fingerprint density at radius 1 is 1.39 bits per heavy atom. The number of ether oxygens (including phenoxy) is 1. The predicted octanol–water partition coefficient (Wildman–Crippen LogP) is 0.221. The Hall–Kier alpha value is -3.34. The first kappa shape index (κ1) is 25.7. The second-order valence-electron chi connectivity index (χ2n) is 9.74. The molecular weight excluding hydrogens is 457 g/mol. The van der Waals surface area contributed by atoms with Gasteiger partial charge in [0.15, 0.2) is 5.65 Å². The molecule has 3 N–H and O–H groups in total. The van der Waals surface area contributed by atoms with Gasteiger partial charge in [0.1, 0.15) is 32.6 Å². The van der Waals surface area contributed by atoms with E-state index in [1.165, 1.54) is 0 Å². The summed E-state index contributed by atoms with van der Waals surface area (Å²) in [6.07, 6.45) is 9.65. The van der Waals surface area contributed by atoms with Crippen molar-refractivity contribution in [1.29, 1.82) is 0 Å². The maximum atomic E-state index is 12.2. The first-order valence-corrected chi connectivity index (χ1v) is 12.7. The van der Waals surface area contributed by atoms with E-state index in [2.05, 4.69) is 21.4 Å². The van der Waals surface area contributed by atoms with Gasteiger partial charge < -0.3 is 20.7 Å². The van der Waals surface area contributed by atoms with Crippen LogP contribution in [0.15, 0.2) is 36.8 Å². The highest BCUT2D eigenvalue weighted by Crippen LogP contribution is 2.28. The van der Waals surface area contributed by atoms with Crippen molar-refractivity contribution in [2.45, 2.75) is 58.2 Å². The summed E-state index contributed by atoms with van der Waals surface area (Å²) in [6.45, 7) is 5.72. The number of carbonyl (C=O) groups is 1. The normalized spacial score (nSPS) is 16.8. The van der Waals surface area contributed by atoms with Gasteiger partial charge in [-0.05, 0) is 36.7 Å². The van der Waals surface area contributed by atoms with Crippen molar-refractivity contribution in [2.24, 2.45) is 11.7 Å². The first-order valence-electron chi connectivity index (χ1n) is 12.7. The standard InChI is InChI=1S/C25H37BN7O3/c1-17(2)23(27)25(34)36-12-9-19-8-4-5-11-32(19)22-13-21(33-24(30-22)20(26)15-29-33)28-14-18-7-6-10-31(16-18)35-3/h6-7,10,13,15-17,19,23,28H,4-5,8-9,11-12,14,26-27H2,1-3H3/q+1/t19-,23+/m0/s1. The number of nitrogens with zero attached hydrogens (tertiary/aromatic N) is 5. The van der Waals surface area contributed by atoms with Gasteiger partial charge in [-0.2, -0.15) is 9.61 Å². The highest BCUT2D eigenvalue weighted by atomic mass is 16.6. The molecule has 192 valence electrons. The summed E-state index contributed by atoms with van der Waals surface area (Å²) >= 11 is 0. The maximum absolute atomic E-state index is 12.2. The molecule has 0 bridgehead atoms. The van der Waals surface area contributed by atoms with Gasteiger partial charge in [0.2, 0.25) is 12.4 Å². The molecule has 0 spiro atoms. The summed E-state index contributed by atoms with van der Waals surface area (Å²) in [5, 5.41) is 8.07. The monoisotopic (exact) mass is 494 g/mol. The first-order chi connectivity index (χ1) is 17.4. The lowest BCUT2D eigenvalue weighted by Gasteiger charge is -2.37. The molecule has 4 heterocycles. The number of piperidine rings is 1. The molecule has 1 aliphatic heterocycles. The second-order valence-corrected chi connectivity index (χ2v) is 9.74. The van der Waals surface area contributed by atoms with Crippen LogP contribution in [0.2, 0.25) is 0 Å². The van der Waals surface area contributed by atoms with E-state index in [0.29, 0.717) is 13.2 Å². The number of esters is 1. The Morgan fingerprint density at radius 3 is 3.00 bits per heavy atom. The van der Waals surface area contributed by atoms with E-state index >= 15 is 0 Å². The Bertz CT molecular complexity index is 1190. The van der Waals surface area contributed by atoms with E-state index in [-0.39, 0.29) is 17.9 Å². The number of fused-ring (bicyclic) bond motifs is 1. The van der Waals surface area contributed by atoms with Crippen LogP contribution in [-0.2, 0) is 16.1 Å². The quantitative estimate of drug-likeness (QED) is 0.234. The van der Waals surface area contributed by atoms with Crippen molar-refractivity contribution in [3.8, 4) is 0 Å². The van der Waals surface area contributed by atoms with Crippen LogP contribution in [0, 0.1) is 5.92 Å². The molecule has 0 unspecified atom stereocenters. The topological polar surface area (TPSA) is 111 Å². The number of rotatable bonds is 10. The zero-order chi connectivity index (χ0) is 25.7. The highest BCUT2D eigenvalue weighted by molar-refractivity contribution is 6.36. The van der Waals surface area contributed by atoms with E-state index in [4.69, 9.17) is 20.3 Å². The Morgan fingerprint density at radius 2 is 2.22 bits per heavy atom. The average Bonchev–Trinajstić information content (AvgIpc) is 3.27. The smallest absolute Gasteiger partial charge is 0.323 e. The average molecular weight is 494 g/mol. The fourth-order valence-electron chi connectivity index (χ4n) is 4.51. The Kier molecular flexibility index (Phi) is 8.30. The van der Waals surface area contributed by atoms with Crippen LogP contribution in [0.1, 0.15) is 45.1 Å². The third-order valence-electron chi connectivity index (χ3n) is 6.76. The van der Waals surface area contributed by atoms with Crippen LogP contribution in [0.4, 0.5) is 11.6 Å². The number of nitrogens with two attached hydrogens (primary N) is 1. The minimum Gasteiger partial charge on any atom is -0.464 e. The van der Waals surface area contributed by atoms with Crippen LogP contribution in [0.3, 0.4) is 0 Å². The number of hydrogen-bond donors (Lipinski definition) is 2. The summed E-state index contributed by atoms with van der Waals surface area (Å²) in [6, 6.07) is 5.71. The number of nitrogens with one attached hydrogen (secondary N) is 1. The SMILES string of the molecule is Bc1cnn2c(NCc3ccc[n+](OC)c3)cc(N3CCCC[C@H]3CCOC(=O)[C@H](N)C(C)C)nc12. The molecule has 2 atom stereocenters. The summed E-state index contributed by atoms with van der Waals surface area (Å²) < 4.78 is 9.03. The van der Waals surface area contributed by atoms with Crippen molar-refractivity contribution in [3.63, 3.8) is 0 Å². The van der Waals surface area contributed by atoms with Crippen molar-refractivity contribution < 1.29 is 19.1 Å². The van der Waals surface area contributed by atoms with Crippen molar-refractivity contribution in [3.05, 3.63) is 42.4 Å². The molecule has 0 aromatic carbocycles. The third kappa shape index (κ3) is 5.89. The molecule has 3 aromatic rings. The molecule has 10 nitrogen and oxygen atoms in total. The lowest BCUT2D eigenvalue weighted by atomic mass is 9.99. The van der Waals surface area contributed by atoms with Gasteiger partial charge in [-0.15, -0.1) is 0 Å². The summed E-state index contributed by atoms with van der Waals surface area (Å²) in [5.41, 5.74) is 8.86. The van der Waals surface area contributed by atoms with Crippen LogP contribution < -0.4 is 31.0 Å². The van der Waals surface area contributed by atoms with Crippen LogP contribution >= 0.6 is 0 Å². The molecule has 0 amide bonds. The van der Waals surface area contributed by atoms with E-state index in [9.17, 15) is 4.79 Å². The van der Waals surface area contributed by atoms with Gasteiger partial charge in [0, 0.05) is 54.2 Å². The number of carbonyl (C=O) groups excluding carboxylic acids is 1. The second kappa shape index (κ2) is 11.6. The van der Waals surface area contributed by atoms with Crippen LogP contribution in [-0.4, -0.2) is 60.8 Å². The number of aromatic nitrogens is 4. The lowest BCUT2D eigenvalue weighted by Crippen LogP contribution is -2.42. The highest BCUT2D eigenvalue weighted by Gasteiger charge is 2.26. The van der Waals surface area contributed by atoms with E-state index in [0.717, 1.165) is 60.5 Å². The summed E-state index contributed by atoms with van der Waals surface area (Å²) in [7, 11) is 3.66. The van der Waals surface area contributed by atoms with Gasteiger partial charge >= 0.3 is 5.97 Å². The zero-order valence-corrected chi connectivity index (χ0v) is 21.7. The molecule has 3 aromatic heterocycles. The number of hydrogen-bond acceptors (Lipinski definition) is 8. The molecule has 0 radical (unpaired) electrons. The van der Waals surface area contributed by atoms with Crippen molar-refractivity contribution in [1.82, 2.24) is 14.6 Å². The van der Waals surface area contributed by atoms with E-state index in [1.807, 2.05) is 56.9 Å². The maximum Gasteiger partial charge on any atom is 0.323 e. The van der Waals surface area contributed by atoms with Crippen molar-refractivity contribution >= 4 is 36.6 Å². The summed E-state index contributed by atoms with van der Waals surface area (Å²) in [5.74, 6) is 1.50. The minimum atomic E-state index is -0.585. The number of pyridine rings is 1. The molecule has 0 aliphatic carbocycles. The van der Waals surface area contributed by atoms with Crippen LogP contribution in [0.5, 0.6) is 0 Å². The molecule has 1 fully saturated rings.